The van der Waals surface area contributed by atoms with Crippen molar-refractivity contribution in [1.29, 1.82) is 0 Å². The average molecular weight is 522 g/mol. The molecule has 2 amide bonds. The van der Waals surface area contributed by atoms with Crippen LogP contribution in [0.25, 0.3) is 0 Å². The van der Waals surface area contributed by atoms with Crippen molar-refractivity contribution < 1.29 is 18.0 Å². The molecule has 0 spiro atoms. The highest BCUT2D eigenvalue weighted by molar-refractivity contribution is 7.92. The predicted molar refractivity (Wildman–Crippen MR) is 142 cm³/mol. The number of halogens is 1. The van der Waals surface area contributed by atoms with Crippen molar-refractivity contribution in [1.82, 2.24) is 10.2 Å². The summed E-state index contributed by atoms with van der Waals surface area (Å²) in [6, 6.07) is 11.9. The fourth-order valence-corrected chi connectivity index (χ4v) is 4.94. The number of aryl methyl sites for hydroxylation is 2. The fraction of sp³-hybridized carbons (Fsp3) is 0.462. The van der Waals surface area contributed by atoms with Crippen LogP contribution in [0.4, 0.5) is 5.69 Å². The van der Waals surface area contributed by atoms with Gasteiger partial charge in [0.15, 0.2) is 0 Å². The first-order chi connectivity index (χ1) is 16.5. The predicted octanol–water partition coefficient (Wildman–Crippen LogP) is 4.45. The molecule has 2 rings (SSSR count). The number of sulfonamides is 1. The summed E-state index contributed by atoms with van der Waals surface area (Å²) in [6.45, 7) is 7.86. The lowest BCUT2D eigenvalue weighted by molar-refractivity contribution is -0.140. The van der Waals surface area contributed by atoms with E-state index >= 15 is 0 Å². The molecule has 0 aromatic heterocycles. The molecule has 1 atom stereocenters. The van der Waals surface area contributed by atoms with Crippen LogP contribution >= 0.6 is 11.6 Å². The van der Waals surface area contributed by atoms with Gasteiger partial charge in [0, 0.05) is 18.1 Å². The van der Waals surface area contributed by atoms with Gasteiger partial charge in [0.25, 0.3) is 0 Å². The van der Waals surface area contributed by atoms with E-state index in [9.17, 15) is 18.0 Å². The maximum Gasteiger partial charge on any atom is 0.244 e. The minimum absolute atomic E-state index is 0.187. The zero-order valence-corrected chi connectivity index (χ0v) is 22.7. The molecule has 0 aliphatic carbocycles. The molecule has 2 aromatic rings. The number of nitrogens with one attached hydrogen (secondary N) is 1. The highest BCUT2D eigenvalue weighted by Gasteiger charge is 2.32. The van der Waals surface area contributed by atoms with Crippen LogP contribution < -0.4 is 9.62 Å². The number of carbonyl (C=O) groups excluding carboxylic acids is 2. The lowest BCUT2D eigenvalue weighted by atomic mass is 10.1. The second-order valence-electron chi connectivity index (χ2n) is 8.78. The van der Waals surface area contributed by atoms with Crippen LogP contribution in [0.3, 0.4) is 0 Å². The summed E-state index contributed by atoms with van der Waals surface area (Å²) in [5.41, 5.74) is 2.90. The largest absolute Gasteiger partial charge is 0.354 e. The van der Waals surface area contributed by atoms with Gasteiger partial charge in [-0.15, -0.1) is 0 Å². The van der Waals surface area contributed by atoms with Crippen molar-refractivity contribution in [2.75, 3.05) is 23.7 Å². The number of amides is 2. The molecule has 0 heterocycles. The van der Waals surface area contributed by atoms with E-state index in [1.165, 1.54) is 11.0 Å². The summed E-state index contributed by atoms with van der Waals surface area (Å²) in [5.74, 6) is -0.708. The molecule has 9 heteroatoms. The molecule has 0 unspecified atom stereocenters. The number of nitrogens with zero attached hydrogens (tertiary/aromatic N) is 2. The van der Waals surface area contributed by atoms with Gasteiger partial charge in [0.2, 0.25) is 21.8 Å². The van der Waals surface area contributed by atoms with E-state index in [0.717, 1.165) is 34.5 Å². The molecule has 0 saturated carbocycles. The van der Waals surface area contributed by atoms with Crippen LogP contribution in [0.5, 0.6) is 0 Å². The van der Waals surface area contributed by atoms with Crippen LogP contribution in [0.1, 0.15) is 49.8 Å². The molecule has 7 nitrogen and oxygen atoms in total. The Balaban J connectivity index is 2.45. The van der Waals surface area contributed by atoms with Gasteiger partial charge in [-0.25, -0.2) is 8.42 Å². The fourth-order valence-electron chi connectivity index (χ4n) is 3.88. The number of hydrogen-bond donors (Lipinski definition) is 1. The van der Waals surface area contributed by atoms with Gasteiger partial charge in [0.1, 0.15) is 12.6 Å². The lowest BCUT2D eigenvalue weighted by Gasteiger charge is -2.33. The molecule has 0 radical (unpaired) electrons. The Kier molecular flexibility index (Phi) is 10.6. The topological polar surface area (TPSA) is 86.8 Å². The molecule has 0 aliphatic rings. The van der Waals surface area contributed by atoms with E-state index in [1.54, 1.807) is 19.1 Å². The van der Waals surface area contributed by atoms with Crippen molar-refractivity contribution in [3.05, 3.63) is 64.2 Å². The van der Waals surface area contributed by atoms with Gasteiger partial charge in [-0.3, -0.25) is 13.9 Å². The second kappa shape index (κ2) is 12.9. The molecule has 0 bridgehead atoms. The van der Waals surface area contributed by atoms with E-state index in [-0.39, 0.29) is 12.5 Å². The van der Waals surface area contributed by atoms with Crippen molar-refractivity contribution >= 4 is 39.1 Å². The summed E-state index contributed by atoms with van der Waals surface area (Å²) >= 11 is 6.14. The van der Waals surface area contributed by atoms with E-state index in [2.05, 4.69) is 5.32 Å². The molecule has 2 aromatic carbocycles. The number of anilines is 1. The Morgan fingerprint density at radius 3 is 2.40 bits per heavy atom. The lowest BCUT2D eigenvalue weighted by Crippen LogP contribution is -2.52. The van der Waals surface area contributed by atoms with Crippen molar-refractivity contribution in [3.63, 3.8) is 0 Å². The number of hydrogen-bond acceptors (Lipinski definition) is 4. The van der Waals surface area contributed by atoms with Gasteiger partial charge in [-0.2, -0.15) is 0 Å². The van der Waals surface area contributed by atoms with Crippen LogP contribution in [0.15, 0.2) is 42.5 Å². The Labute approximate surface area is 214 Å². The van der Waals surface area contributed by atoms with Gasteiger partial charge < -0.3 is 10.2 Å². The highest BCUT2D eigenvalue weighted by atomic mass is 35.5. The maximum absolute atomic E-state index is 13.7. The normalized spacial score (nSPS) is 12.2. The summed E-state index contributed by atoms with van der Waals surface area (Å²) in [5, 5.41) is 3.28. The molecule has 0 aliphatic heterocycles. The molecule has 192 valence electrons. The minimum Gasteiger partial charge on any atom is -0.354 e. The third-order valence-electron chi connectivity index (χ3n) is 5.77. The minimum atomic E-state index is -3.81. The quantitative estimate of drug-likeness (QED) is 0.418. The number of rotatable bonds is 12. The SMILES string of the molecule is CCCCNC(=O)[C@H](CC)N(Cc1cccc(C)c1)C(=O)CN(c1cc(Cl)ccc1C)S(C)(=O)=O. The van der Waals surface area contributed by atoms with E-state index < -0.39 is 28.5 Å². The molecule has 35 heavy (non-hydrogen) atoms. The second-order valence-corrected chi connectivity index (χ2v) is 11.1. The first-order valence-corrected chi connectivity index (χ1v) is 14.1. The molecule has 0 saturated heterocycles. The standard InChI is InChI=1S/C26H36ClN3O4S/c1-6-8-14-28-26(32)23(7-2)29(17-21-11-9-10-19(3)15-21)25(31)18-30(35(5,33)34)24-16-22(27)13-12-20(24)4/h9-13,15-16,23H,6-8,14,17-18H2,1-5H3,(H,28,32)/t23-/m0/s1. The molecular weight excluding hydrogens is 486 g/mol. The Hall–Kier alpha value is -2.58. The first-order valence-electron chi connectivity index (χ1n) is 11.8. The van der Waals surface area contributed by atoms with Gasteiger partial charge in [0.05, 0.1) is 11.9 Å². The van der Waals surface area contributed by atoms with E-state index in [4.69, 9.17) is 11.6 Å². The highest BCUT2D eigenvalue weighted by Crippen LogP contribution is 2.27. The van der Waals surface area contributed by atoms with Gasteiger partial charge in [-0.1, -0.05) is 67.8 Å². The molecule has 0 fully saturated rings. The molecular formula is C26H36ClN3O4S. The van der Waals surface area contributed by atoms with Crippen LogP contribution in [0, 0.1) is 13.8 Å². The van der Waals surface area contributed by atoms with E-state index in [1.807, 2.05) is 45.0 Å². The summed E-state index contributed by atoms with van der Waals surface area (Å²) in [4.78, 5) is 28.2. The van der Waals surface area contributed by atoms with Gasteiger partial charge in [-0.05, 0) is 49.9 Å². The molecule has 1 N–H and O–H groups in total. The number of carbonyl (C=O) groups is 2. The maximum atomic E-state index is 13.7. The van der Waals surface area contributed by atoms with Crippen molar-refractivity contribution in [2.24, 2.45) is 0 Å². The Bertz CT molecular complexity index is 1140. The first kappa shape index (κ1) is 28.7. The summed E-state index contributed by atoms with van der Waals surface area (Å²) < 4.78 is 26.5. The van der Waals surface area contributed by atoms with Gasteiger partial charge >= 0.3 is 0 Å². The van der Waals surface area contributed by atoms with E-state index in [0.29, 0.717) is 29.2 Å². The third kappa shape index (κ3) is 8.25. The number of benzene rings is 2. The van der Waals surface area contributed by atoms with Crippen LogP contribution in [-0.4, -0.2) is 50.5 Å². The summed E-state index contributed by atoms with van der Waals surface area (Å²) in [6.07, 6.45) is 3.22. The number of unbranched alkanes of at least 4 members (excludes halogenated alkanes) is 1. The third-order valence-corrected chi connectivity index (χ3v) is 7.13. The van der Waals surface area contributed by atoms with Crippen LogP contribution in [0.2, 0.25) is 5.02 Å². The smallest absolute Gasteiger partial charge is 0.244 e. The Morgan fingerprint density at radius 2 is 1.80 bits per heavy atom. The zero-order valence-electron chi connectivity index (χ0n) is 21.2. The average Bonchev–Trinajstić information content (AvgIpc) is 2.78. The van der Waals surface area contributed by atoms with Crippen molar-refractivity contribution in [3.8, 4) is 0 Å². The zero-order chi connectivity index (χ0) is 26.2. The van der Waals surface area contributed by atoms with Crippen molar-refractivity contribution in [2.45, 2.75) is 59.5 Å². The van der Waals surface area contributed by atoms with Crippen LogP contribution in [-0.2, 0) is 26.2 Å². The monoisotopic (exact) mass is 521 g/mol. The Morgan fingerprint density at radius 1 is 1.09 bits per heavy atom. The summed E-state index contributed by atoms with van der Waals surface area (Å²) in [7, 11) is -3.81.